The van der Waals surface area contributed by atoms with Gasteiger partial charge in [-0.3, -0.25) is 4.79 Å². The Bertz CT molecular complexity index is 678. The van der Waals surface area contributed by atoms with Crippen LogP contribution in [0.5, 0.6) is 0 Å². The number of carbonyl (C=O) groups excluding carboxylic acids is 1. The zero-order chi connectivity index (χ0) is 16.9. The summed E-state index contributed by atoms with van der Waals surface area (Å²) in [5, 5.41) is 3.06. The van der Waals surface area contributed by atoms with Crippen LogP contribution in [-0.4, -0.2) is 37.0 Å². The fourth-order valence-electron chi connectivity index (χ4n) is 3.40. The van der Waals surface area contributed by atoms with Crippen LogP contribution < -0.4 is 5.32 Å². The molecule has 2 aromatic rings. The van der Waals surface area contributed by atoms with Crippen LogP contribution in [0.4, 0.5) is 0 Å². The summed E-state index contributed by atoms with van der Waals surface area (Å²) in [6.45, 7) is 7.72. The number of hydrogen-bond donors (Lipinski definition) is 1. The number of rotatable bonds is 6. The van der Waals surface area contributed by atoms with E-state index in [1.807, 2.05) is 19.9 Å². The van der Waals surface area contributed by atoms with Crippen LogP contribution in [0.3, 0.4) is 0 Å². The van der Waals surface area contributed by atoms with E-state index in [1.165, 1.54) is 5.56 Å². The monoisotopic (exact) mass is 326 g/mol. The Morgan fingerprint density at radius 1 is 1.29 bits per heavy atom. The van der Waals surface area contributed by atoms with Crippen LogP contribution in [0.1, 0.15) is 33.9 Å². The molecule has 128 valence electrons. The third-order valence-electron chi connectivity index (χ3n) is 4.77. The molecule has 0 saturated carbocycles. The molecule has 0 spiro atoms. The summed E-state index contributed by atoms with van der Waals surface area (Å²) in [5.41, 5.74) is 2.05. The predicted octanol–water partition coefficient (Wildman–Crippen LogP) is 3.19. The number of amides is 1. The van der Waals surface area contributed by atoms with E-state index in [0.717, 1.165) is 44.8 Å². The first-order valence-corrected chi connectivity index (χ1v) is 8.73. The molecule has 24 heavy (non-hydrogen) atoms. The maximum Gasteiger partial charge on any atom is 0.254 e. The van der Waals surface area contributed by atoms with Gasteiger partial charge in [-0.15, -0.1) is 0 Å². The highest BCUT2D eigenvalue weighted by Gasteiger charge is 2.23. The molecule has 1 aliphatic heterocycles. The van der Waals surface area contributed by atoms with Crippen molar-refractivity contribution in [2.45, 2.75) is 26.7 Å². The van der Waals surface area contributed by atoms with Crippen molar-refractivity contribution in [1.29, 1.82) is 0 Å². The van der Waals surface area contributed by atoms with Crippen molar-refractivity contribution < 1.29 is 9.21 Å². The molecule has 1 fully saturated rings. The van der Waals surface area contributed by atoms with E-state index in [1.54, 1.807) is 0 Å². The molecule has 1 aromatic heterocycles. The van der Waals surface area contributed by atoms with Gasteiger partial charge in [0, 0.05) is 19.6 Å². The average Bonchev–Trinajstić information content (AvgIpc) is 3.17. The smallest absolute Gasteiger partial charge is 0.254 e. The lowest BCUT2D eigenvalue weighted by Gasteiger charge is -2.16. The summed E-state index contributed by atoms with van der Waals surface area (Å²) in [4.78, 5) is 14.7. The fraction of sp³-hybridized carbons (Fsp3) is 0.450. The van der Waals surface area contributed by atoms with E-state index in [0.29, 0.717) is 17.2 Å². The van der Waals surface area contributed by atoms with Gasteiger partial charge in [0.05, 0.1) is 5.56 Å². The third kappa shape index (κ3) is 4.26. The van der Waals surface area contributed by atoms with Gasteiger partial charge in [0.1, 0.15) is 11.5 Å². The van der Waals surface area contributed by atoms with E-state index in [-0.39, 0.29) is 5.91 Å². The lowest BCUT2D eigenvalue weighted by molar-refractivity contribution is 0.0946. The highest BCUT2D eigenvalue weighted by molar-refractivity contribution is 5.95. The van der Waals surface area contributed by atoms with Crippen molar-refractivity contribution in [3.63, 3.8) is 0 Å². The van der Waals surface area contributed by atoms with Crippen molar-refractivity contribution in [2.75, 3.05) is 26.2 Å². The molecule has 3 rings (SSSR count). The first-order chi connectivity index (χ1) is 11.6. The standard InChI is InChI=1S/C20H26N2O2/c1-15-12-19(16(2)24-15)20(23)21-13-18-9-11-22(14-18)10-8-17-6-4-3-5-7-17/h3-7,12,18H,8-11,13-14H2,1-2H3,(H,21,23)/t18-/m1/s1. The third-order valence-corrected chi connectivity index (χ3v) is 4.77. The molecule has 4 heteroatoms. The summed E-state index contributed by atoms with van der Waals surface area (Å²) in [6.07, 6.45) is 2.24. The lowest BCUT2D eigenvalue weighted by Crippen LogP contribution is -2.31. The highest BCUT2D eigenvalue weighted by atomic mass is 16.3. The molecule has 1 saturated heterocycles. The highest BCUT2D eigenvalue weighted by Crippen LogP contribution is 2.17. The van der Waals surface area contributed by atoms with Crippen molar-refractivity contribution >= 4 is 5.91 Å². The topological polar surface area (TPSA) is 45.5 Å². The van der Waals surface area contributed by atoms with Gasteiger partial charge in [-0.1, -0.05) is 30.3 Å². The van der Waals surface area contributed by atoms with Crippen LogP contribution in [0.25, 0.3) is 0 Å². The number of hydrogen-bond acceptors (Lipinski definition) is 3. The maximum absolute atomic E-state index is 12.2. The Hall–Kier alpha value is -2.07. The summed E-state index contributed by atoms with van der Waals surface area (Å²) in [6, 6.07) is 12.4. The molecule has 4 nitrogen and oxygen atoms in total. The number of likely N-dealkylation sites (tertiary alicyclic amines) is 1. The Morgan fingerprint density at radius 2 is 2.08 bits per heavy atom. The Morgan fingerprint density at radius 3 is 2.79 bits per heavy atom. The molecule has 1 aromatic carbocycles. The summed E-state index contributed by atoms with van der Waals surface area (Å²) in [7, 11) is 0. The van der Waals surface area contributed by atoms with Gasteiger partial charge in [-0.05, 0) is 50.8 Å². The van der Waals surface area contributed by atoms with E-state index >= 15 is 0 Å². The molecule has 0 radical (unpaired) electrons. The van der Waals surface area contributed by atoms with Crippen molar-refractivity contribution in [3.8, 4) is 0 Å². The van der Waals surface area contributed by atoms with Crippen LogP contribution in [0, 0.1) is 19.8 Å². The normalized spacial score (nSPS) is 18.0. The Labute approximate surface area is 143 Å². The summed E-state index contributed by atoms with van der Waals surface area (Å²) < 4.78 is 5.43. The van der Waals surface area contributed by atoms with Crippen LogP contribution >= 0.6 is 0 Å². The summed E-state index contributed by atoms with van der Waals surface area (Å²) >= 11 is 0. The van der Waals surface area contributed by atoms with Crippen molar-refractivity contribution in [2.24, 2.45) is 5.92 Å². The molecule has 2 heterocycles. The number of carbonyl (C=O) groups is 1. The average molecular weight is 326 g/mol. The van der Waals surface area contributed by atoms with Gasteiger partial charge < -0.3 is 14.6 Å². The second-order valence-electron chi connectivity index (χ2n) is 6.73. The van der Waals surface area contributed by atoms with Gasteiger partial charge in [0.15, 0.2) is 0 Å². The lowest BCUT2D eigenvalue weighted by atomic mass is 10.1. The molecule has 1 N–H and O–H groups in total. The number of nitrogens with zero attached hydrogens (tertiary/aromatic N) is 1. The van der Waals surface area contributed by atoms with Crippen LogP contribution in [0.2, 0.25) is 0 Å². The number of furan rings is 1. The van der Waals surface area contributed by atoms with Gasteiger partial charge in [-0.25, -0.2) is 0 Å². The van der Waals surface area contributed by atoms with Gasteiger partial charge in [0.2, 0.25) is 0 Å². The minimum Gasteiger partial charge on any atom is -0.466 e. The summed E-state index contributed by atoms with van der Waals surface area (Å²) in [5.74, 6) is 2.00. The minimum absolute atomic E-state index is 0.0212. The van der Waals surface area contributed by atoms with Crippen molar-refractivity contribution in [1.82, 2.24) is 10.2 Å². The second kappa shape index (κ2) is 7.67. The second-order valence-corrected chi connectivity index (χ2v) is 6.73. The van der Waals surface area contributed by atoms with E-state index < -0.39 is 0 Å². The number of nitrogens with one attached hydrogen (secondary N) is 1. The quantitative estimate of drug-likeness (QED) is 0.887. The molecule has 1 amide bonds. The zero-order valence-electron chi connectivity index (χ0n) is 14.5. The zero-order valence-corrected chi connectivity index (χ0v) is 14.5. The largest absolute Gasteiger partial charge is 0.466 e. The molecule has 0 bridgehead atoms. The van der Waals surface area contributed by atoms with E-state index in [9.17, 15) is 4.79 Å². The predicted molar refractivity (Wildman–Crippen MR) is 95.2 cm³/mol. The first kappa shape index (κ1) is 16.8. The minimum atomic E-state index is -0.0212. The molecule has 0 aliphatic carbocycles. The molecule has 1 atom stereocenters. The molecule has 0 unspecified atom stereocenters. The SMILES string of the molecule is Cc1cc(C(=O)NC[C@H]2CCN(CCc3ccccc3)C2)c(C)o1. The molecule has 1 aliphatic rings. The van der Waals surface area contributed by atoms with Crippen LogP contribution in [-0.2, 0) is 6.42 Å². The fourth-order valence-corrected chi connectivity index (χ4v) is 3.40. The Kier molecular flexibility index (Phi) is 5.36. The van der Waals surface area contributed by atoms with Gasteiger partial charge in [-0.2, -0.15) is 0 Å². The molecular formula is C20H26N2O2. The Balaban J connectivity index is 1.41. The number of aryl methyl sites for hydroxylation is 2. The maximum atomic E-state index is 12.2. The van der Waals surface area contributed by atoms with Gasteiger partial charge in [0.25, 0.3) is 5.91 Å². The van der Waals surface area contributed by atoms with E-state index in [2.05, 4.69) is 40.5 Å². The van der Waals surface area contributed by atoms with Crippen LogP contribution in [0.15, 0.2) is 40.8 Å². The van der Waals surface area contributed by atoms with Crippen molar-refractivity contribution in [3.05, 3.63) is 59.0 Å². The first-order valence-electron chi connectivity index (χ1n) is 8.73. The van der Waals surface area contributed by atoms with Gasteiger partial charge >= 0.3 is 0 Å². The van der Waals surface area contributed by atoms with E-state index in [4.69, 9.17) is 4.42 Å². The molecular weight excluding hydrogens is 300 g/mol. The number of benzene rings is 1.